The summed E-state index contributed by atoms with van der Waals surface area (Å²) in [4.78, 5) is 4.21. The average molecular weight is 247 g/mol. The fourth-order valence-corrected chi connectivity index (χ4v) is 2.46. The molecule has 0 bridgehead atoms. The molecule has 1 aliphatic carbocycles. The van der Waals surface area contributed by atoms with E-state index in [-0.39, 0.29) is 5.54 Å². The van der Waals surface area contributed by atoms with Gasteiger partial charge in [-0.2, -0.15) is 0 Å². The van der Waals surface area contributed by atoms with Crippen LogP contribution in [-0.2, 0) is 0 Å². The summed E-state index contributed by atoms with van der Waals surface area (Å²) in [6, 6.07) is 0. The van der Waals surface area contributed by atoms with Crippen molar-refractivity contribution in [3.8, 4) is 5.88 Å². The zero-order valence-electron chi connectivity index (χ0n) is 10.5. The molecule has 0 aromatic carbocycles. The molecule has 2 heterocycles. The van der Waals surface area contributed by atoms with Crippen molar-refractivity contribution in [3.05, 3.63) is 18.2 Å². The standard InChI is InChI=1S/C12H17N5O/c1-9-15-16-10-11(14-6-7-17(9)10)18-8-12(13)4-2-3-5-12/h6-7H,2-5,8,13H2,1H3. The molecule has 1 fully saturated rings. The van der Waals surface area contributed by atoms with Gasteiger partial charge in [-0.05, 0) is 19.8 Å². The molecule has 0 radical (unpaired) electrons. The molecule has 96 valence electrons. The van der Waals surface area contributed by atoms with Crippen LogP contribution in [0.15, 0.2) is 12.4 Å². The van der Waals surface area contributed by atoms with Gasteiger partial charge < -0.3 is 10.5 Å². The molecule has 1 aliphatic rings. The molecule has 0 atom stereocenters. The molecule has 2 N–H and O–H groups in total. The minimum atomic E-state index is -0.205. The highest BCUT2D eigenvalue weighted by Gasteiger charge is 2.30. The molecular weight excluding hydrogens is 230 g/mol. The van der Waals surface area contributed by atoms with Crippen molar-refractivity contribution >= 4 is 5.65 Å². The molecule has 0 amide bonds. The fourth-order valence-electron chi connectivity index (χ4n) is 2.46. The highest BCUT2D eigenvalue weighted by atomic mass is 16.5. The lowest BCUT2D eigenvalue weighted by molar-refractivity contribution is 0.215. The molecule has 0 aliphatic heterocycles. The number of rotatable bonds is 3. The van der Waals surface area contributed by atoms with E-state index in [0.717, 1.165) is 18.7 Å². The third-order valence-electron chi connectivity index (χ3n) is 3.56. The molecule has 2 aromatic heterocycles. The monoisotopic (exact) mass is 247 g/mol. The van der Waals surface area contributed by atoms with Gasteiger partial charge in [0, 0.05) is 12.4 Å². The third-order valence-corrected chi connectivity index (χ3v) is 3.56. The van der Waals surface area contributed by atoms with E-state index in [1.54, 1.807) is 6.20 Å². The SMILES string of the molecule is Cc1nnc2c(OCC3(N)CCCC3)nccn12. The normalized spacial score (nSPS) is 18.3. The summed E-state index contributed by atoms with van der Waals surface area (Å²) < 4.78 is 7.62. The van der Waals surface area contributed by atoms with E-state index >= 15 is 0 Å². The Bertz CT molecular complexity index is 559. The van der Waals surface area contributed by atoms with E-state index in [0.29, 0.717) is 18.1 Å². The average Bonchev–Trinajstić information content (AvgIpc) is 2.96. The fraction of sp³-hybridized carbons (Fsp3) is 0.583. The zero-order chi connectivity index (χ0) is 12.6. The third kappa shape index (κ3) is 1.92. The van der Waals surface area contributed by atoms with E-state index < -0.39 is 0 Å². The summed E-state index contributed by atoms with van der Waals surface area (Å²) in [5.41, 5.74) is 6.71. The van der Waals surface area contributed by atoms with Crippen LogP contribution in [0.25, 0.3) is 5.65 Å². The molecule has 6 nitrogen and oxygen atoms in total. The molecule has 1 saturated carbocycles. The molecular formula is C12H17N5O. The van der Waals surface area contributed by atoms with Crippen LogP contribution in [0, 0.1) is 6.92 Å². The van der Waals surface area contributed by atoms with Crippen LogP contribution in [0.4, 0.5) is 0 Å². The number of hydrogen-bond donors (Lipinski definition) is 1. The molecule has 0 spiro atoms. The van der Waals surface area contributed by atoms with Gasteiger partial charge in [-0.3, -0.25) is 4.40 Å². The van der Waals surface area contributed by atoms with E-state index in [4.69, 9.17) is 10.5 Å². The van der Waals surface area contributed by atoms with Crippen molar-refractivity contribution in [2.24, 2.45) is 5.73 Å². The van der Waals surface area contributed by atoms with Crippen LogP contribution in [0.2, 0.25) is 0 Å². The minimum absolute atomic E-state index is 0.205. The van der Waals surface area contributed by atoms with Gasteiger partial charge in [-0.15, -0.1) is 10.2 Å². The number of nitrogens with zero attached hydrogens (tertiary/aromatic N) is 4. The Morgan fingerprint density at radius 2 is 2.17 bits per heavy atom. The van der Waals surface area contributed by atoms with Gasteiger partial charge in [-0.1, -0.05) is 12.8 Å². The van der Waals surface area contributed by atoms with Crippen LogP contribution in [0.5, 0.6) is 5.88 Å². The molecule has 6 heteroatoms. The number of nitrogens with two attached hydrogens (primary N) is 1. The van der Waals surface area contributed by atoms with Crippen molar-refractivity contribution in [1.29, 1.82) is 0 Å². The lowest BCUT2D eigenvalue weighted by atomic mass is 10.0. The quantitative estimate of drug-likeness (QED) is 0.878. The van der Waals surface area contributed by atoms with E-state index in [9.17, 15) is 0 Å². The smallest absolute Gasteiger partial charge is 0.260 e. The van der Waals surface area contributed by atoms with Crippen molar-refractivity contribution in [2.45, 2.75) is 38.1 Å². The summed E-state index contributed by atoms with van der Waals surface area (Å²) in [7, 11) is 0. The second kappa shape index (κ2) is 4.20. The van der Waals surface area contributed by atoms with Gasteiger partial charge in [0.2, 0.25) is 5.65 Å². The summed E-state index contributed by atoms with van der Waals surface area (Å²) in [6.07, 6.45) is 7.91. The maximum absolute atomic E-state index is 6.26. The van der Waals surface area contributed by atoms with Crippen LogP contribution in [0.3, 0.4) is 0 Å². The summed E-state index contributed by atoms with van der Waals surface area (Å²) >= 11 is 0. The zero-order valence-corrected chi connectivity index (χ0v) is 10.5. The van der Waals surface area contributed by atoms with Crippen LogP contribution < -0.4 is 10.5 Å². The van der Waals surface area contributed by atoms with Gasteiger partial charge >= 0.3 is 0 Å². The molecule has 18 heavy (non-hydrogen) atoms. The van der Waals surface area contributed by atoms with Crippen molar-refractivity contribution in [1.82, 2.24) is 19.6 Å². The summed E-state index contributed by atoms with van der Waals surface area (Å²) in [5.74, 6) is 1.33. The topological polar surface area (TPSA) is 78.3 Å². The summed E-state index contributed by atoms with van der Waals surface area (Å²) in [6.45, 7) is 2.39. The molecule has 0 unspecified atom stereocenters. The maximum atomic E-state index is 6.26. The highest BCUT2D eigenvalue weighted by molar-refractivity contribution is 5.48. The van der Waals surface area contributed by atoms with Crippen molar-refractivity contribution in [2.75, 3.05) is 6.61 Å². The van der Waals surface area contributed by atoms with Crippen LogP contribution >= 0.6 is 0 Å². The predicted octanol–water partition coefficient (Wildman–Crippen LogP) is 1.08. The predicted molar refractivity (Wildman–Crippen MR) is 66.4 cm³/mol. The summed E-state index contributed by atoms with van der Waals surface area (Å²) in [5, 5.41) is 8.09. The largest absolute Gasteiger partial charge is 0.473 e. The molecule has 0 saturated heterocycles. The van der Waals surface area contributed by atoms with E-state index in [1.165, 1.54) is 12.8 Å². The lowest BCUT2D eigenvalue weighted by Crippen LogP contribution is -2.42. The van der Waals surface area contributed by atoms with Gasteiger partial charge in [0.25, 0.3) is 5.88 Å². The van der Waals surface area contributed by atoms with Crippen LogP contribution in [0.1, 0.15) is 31.5 Å². The first-order valence-corrected chi connectivity index (χ1v) is 6.26. The number of aromatic nitrogens is 4. The first-order valence-electron chi connectivity index (χ1n) is 6.26. The van der Waals surface area contributed by atoms with Crippen molar-refractivity contribution < 1.29 is 4.74 Å². The highest BCUT2D eigenvalue weighted by Crippen LogP contribution is 2.28. The first kappa shape index (κ1) is 11.4. The van der Waals surface area contributed by atoms with E-state index in [2.05, 4.69) is 15.2 Å². The Labute approximate surface area is 105 Å². The minimum Gasteiger partial charge on any atom is -0.473 e. The Morgan fingerprint density at radius 3 is 2.94 bits per heavy atom. The van der Waals surface area contributed by atoms with Crippen LogP contribution in [-0.4, -0.2) is 31.7 Å². The number of aryl methyl sites for hydroxylation is 1. The number of hydrogen-bond acceptors (Lipinski definition) is 5. The maximum Gasteiger partial charge on any atom is 0.260 e. The van der Waals surface area contributed by atoms with Crippen molar-refractivity contribution in [3.63, 3.8) is 0 Å². The Morgan fingerprint density at radius 1 is 1.39 bits per heavy atom. The second-order valence-corrected chi connectivity index (χ2v) is 5.03. The first-order chi connectivity index (χ1) is 8.68. The second-order valence-electron chi connectivity index (χ2n) is 5.03. The molecule has 3 rings (SSSR count). The number of fused-ring (bicyclic) bond motifs is 1. The number of ether oxygens (including phenoxy) is 1. The molecule has 2 aromatic rings. The van der Waals surface area contributed by atoms with Gasteiger partial charge in [-0.25, -0.2) is 4.98 Å². The van der Waals surface area contributed by atoms with Gasteiger partial charge in [0.05, 0.1) is 5.54 Å². The van der Waals surface area contributed by atoms with Gasteiger partial charge in [0.15, 0.2) is 0 Å². The Kier molecular flexibility index (Phi) is 2.66. The Balaban J connectivity index is 1.82. The Hall–Kier alpha value is -1.69. The lowest BCUT2D eigenvalue weighted by Gasteiger charge is -2.22. The van der Waals surface area contributed by atoms with Gasteiger partial charge in [0.1, 0.15) is 12.4 Å². The van der Waals surface area contributed by atoms with E-state index in [1.807, 2.05) is 17.5 Å².